The molecule has 0 saturated carbocycles. The van der Waals surface area contributed by atoms with Crippen LogP contribution >= 0.6 is 0 Å². The van der Waals surface area contributed by atoms with Gasteiger partial charge in [-0.05, 0) is 18.8 Å². The van der Waals surface area contributed by atoms with Gasteiger partial charge in [0.25, 0.3) is 0 Å². The zero-order valence-electron chi connectivity index (χ0n) is 10.2. The Labute approximate surface area is 91.4 Å². The van der Waals surface area contributed by atoms with Gasteiger partial charge < -0.3 is 10.1 Å². The molecule has 0 aromatic carbocycles. The molecule has 4 heteroatoms. The van der Waals surface area contributed by atoms with Gasteiger partial charge in [-0.2, -0.15) is 0 Å². The van der Waals surface area contributed by atoms with Crippen LogP contribution < -0.4 is 5.32 Å². The van der Waals surface area contributed by atoms with Crippen molar-refractivity contribution in [1.29, 1.82) is 0 Å². The number of carbonyl (C=O) groups excluding carboxylic acids is 2. The Morgan fingerprint density at radius 2 is 1.73 bits per heavy atom. The highest BCUT2D eigenvalue weighted by Crippen LogP contribution is 2.13. The van der Waals surface area contributed by atoms with Crippen LogP contribution in [0.5, 0.6) is 0 Å². The number of ether oxygens (including phenoxy) is 1. The summed E-state index contributed by atoms with van der Waals surface area (Å²) in [5, 5.41) is 2.60. The fraction of sp³-hybridized carbons (Fsp3) is 0.818. The number of amides is 1. The second-order valence-electron chi connectivity index (χ2n) is 4.24. The van der Waals surface area contributed by atoms with E-state index in [1.165, 1.54) is 7.11 Å². The lowest BCUT2D eigenvalue weighted by molar-refractivity contribution is -0.144. The molecule has 2 atom stereocenters. The molecule has 0 radical (unpaired) electrons. The summed E-state index contributed by atoms with van der Waals surface area (Å²) < 4.78 is 4.51. The van der Waals surface area contributed by atoms with Crippen LogP contribution in [0.25, 0.3) is 0 Å². The SMILES string of the molecule is COC(=O)[C@H](C)NC(=O)CC(C)C(C)C. The summed E-state index contributed by atoms with van der Waals surface area (Å²) in [5.41, 5.74) is 0. The molecule has 0 aromatic heterocycles. The van der Waals surface area contributed by atoms with Crippen LogP contribution in [0.1, 0.15) is 34.1 Å². The predicted molar refractivity (Wildman–Crippen MR) is 58.2 cm³/mol. The summed E-state index contributed by atoms with van der Waals surface area (Å²) in [6.45, 7) is 7.78. The number of carbonyl (C=O) groups is 2. The maximum atomic E-state index is 11.5. The third kappa shape index (κ3) is 5.40. The summed E-state index contributed by atoms with van der Waals surface area (Å²) in [6, 6.07) is -0.568. The van der Waals surface area contributed by atoms with Gasteiger partial charge in [0.05, 0.1) is 7.11 Å². The Hall–Kier alpha value is -1.06. The maximum Gasteiger partial charge on any atom is 0.328 e. The lowest BCUT2D eigenvalue weighted by Gasteiger charge is -2.16. The molecule has 0 fully saturated rings. The van der Waals surface area contributed by atoms with Crippen molar-refractivity contribution in [2.45, 2.75) is 40.2 Å². The second-order valence-corrected chi connectivity index (χ2v) is 4.24. The Balaban J connectivity index is 3.98. The fourth-order valence-corrected chi connectivity index (χ4v) is 1.06. The smallest absolute Gasteiger partial charge is 0.328 e. The molecule has 0 aliphatic rings. The van der Waals surface area contributed by atoms with E-state index in [4.69, 9.17) is 0 Å². The van der Waals surface area contributed by atoms with Crippen molar-refractivity contribution >= 4 is 11.9 Å². The molecule has 88 valence electrons. The van der Waals surface area contributed by atoms with Crippen LogP contribution in [-0.2, 0) is 14.3 Å². The Kier molecular flexibility index (Phi) is 5.97. The minimum absolute atomic E-state index is 0.103. The highest BCUT2D eigenvalue weighted by atomic mass is 16.5. The van der Waals surface area contributed by atoms with Gasteiger partial charge in [0, 0.05) is 6.42 Å². The Morgan fingerprint density at radius 3 is 2.13 bits per heavy atom. The van der Waals surface area contributed by atoms with Crippen LogP contribution in [0.4, 0.5) is 0 Å². The number of rotatable bonds is 5. The van der Waals surface area contributed by atoms with E-state index in [-0.39, 0.29) is 5.91 Å². The summed E-state index contributed by atoms with van der Waals surface area (Å²) >= 11 is 0. The first-order valence-corrected chi connectivity index (χ1v) is 5.25. The molecule has 0 aromatic rings. The first-order valence-electron chi connectivity index (χ1n) is 5.25. The molecule has 0 bridgehead atoms. The van der Waals surface area contributed by atoms with Crippen molar-refractivity contribution in [2.75, 3.05) is 7.11 Å². The Bertz CT molecular complexity index is 226. The van der Waals surface area contributed by atoms with E-state index in [0.717, 1.165) is 0 Å². The molecule has 0 saturated heterocycles. The van der Waals surface area contributed by atoms with Crippen molar-refractivity contribution in [1.82, 2.24) is 5.32 Å². The van der Waals surface area contributed by atoms with Gasteiger partial charge in [0.2, 0.25) is 5.91 Å². The number of esters is 1. The van der Waals surface area contributed by atoms with Crippen LogP contribution in [0.3, 0.4) is 0 Å². The molecular weight excluding hydrogens is 194 g/mol. The molecule has 0 aliphatic carbocycles. The monoisotopic (exact) mass is 215 g/mol. The van der Waals surface area contributed by atoms with Gasteiger partial charge in [-0.25, -0.2) is 4.79 Å². The molecular formula is C11H21NO3. The Morgan fingerprint density at radius 1 is 1.20 bits per heavy atom. The summed E-state index contributed by atoms with van der Waals surface area (Å²) in [4.78, 5) is 22.5. The average Bonchev–Trinajstić information content (AvgIpc) is 2.15. The fourth-order valence-electron chi connectivity index (χ4n) is 1.06. The molecule has 0 rings (SSSR count). The van der Waals surface area contributed by atoms with Gasteiger partial charge >= 0.3 is 5.97 Å². The zero-order valence-corrected chi connectivity index (χ0v) is 10.2. The zero-order chi connectivity index (χ0) is 12.0. The minimum atomic E-state index is -0.568. The predicted octanol–water partition coefficient (Wildman–Crippen LogP) is 1.35. The molecule has 0 aliphatic heterocycles. The number of hydrogen-bond donors (Lipinski definition) is 1. The molecule has 4 nitrogen and oxygen atoms in total. The van der Waals surface area contributed by atoms with Gasteiger partial charge in [-0.15, -0.1) is 0 Å². The summed E-state index contributed by atoms with van der Waals surface area (Å²) in [6.07, 6.45) is 0.443. The van der Waals surface area contributed by atoms with Crippen molar-refractivity contribution in [3.63, 3.8) is 0 Å². The van der Waals surface area contributed by atoms with Gasteiger partial charge in [0.1, 0.15) is 6.04 Å². The van der Waals surface area contributed by atoms with Crippen molar-refractivity contribution < 1.29 is 14.3 Å². The van der Waals surface area contributed by atoms with Crippen LogP contribution in [0.15, 0.2) is 0 Å². The van der Waals surface area contributed by atoms with E-state index in [0.29, 0.717) is 18.3 Å². The maximum absolute atomic E-state index is 11.5. The highest BCUT2D eigenvalue weighted by molar-refractivity contribution is 5.84. The lowest BCUT2D eigenvalue weighted by Crippen LogP contribution is -2.39. The number of methoxy groups -OCH3 is 1. The average molecular weight is 215 g/mol. The molecule has 1 N–H and O–H groups in total. The van der Waals surface area contributed by atoms with E-state index < -0.39 is 12.0 Å². The summed E-state index contributed by atoms with van der Waals surface area (Å²) in [5.74, 6) is 0.258. The molecule has 15 heavy (non-hydrogen) atoms. The van der Waals surface area contributed by atoms with E-state index in [1.807, 2.05) is 6.92 Å². The first kappa shape index (κ1) is 13.9. The number of hydrogen-bond acceptors (Lipinski definition) is 3. The molecule has 1 amide bonds. The lowest BCUT2D eigenvalue weighted by atomic mass is 9.94. The molecule has 0 heterocycles. The highest BCUT2D eigenvalue weighted by Gasteiger charge is 2.18. The van der Waals surface area contributed by atoms with Gasteiger partial charge in [-0.3, -0.25) is 4.79 Å². The van der Waals surface area contributed by atoms with Crippen molar-refractivity contribution in [3.8, 4) is 0 Å². The quantitative estimate of drug-likeness (QED) is 0.704. The topological polar surface area (TPSA) is 55.4 Å². The van der Waals surface area contributed by atoms with Gasteiger partial charge in [-0.1, -0.05) is 20.8 Å². The van der Waals surface area contributed by atoms with Crippen molar-refractivity contribution in [3.05, 3.63) is 0 Å². The van der Waals surface area contributed by atoms with E-state index in [1.54, 1.807) is 6.92 Å². The normalized spacial score (nSPS) is 14.5. The number of nitrogens with one attached hydrogen (secondary N) is 1. The van der Waals surface area contributed by atoms with Gasteiger partial charge in [0.15, 0.2) is 0 Å². The third-order valence-corrected chi connectivity index (χ3v) is 2.58. The van der Waals surface area contributed by atoms with Crippen LogP contribution in [-0.4, -0.2) is 25.0 Å². The third-order valence-electron chi connectivity index (χ3n) is 2.58. The van der Waals surface area contributed by atoms with Crippen LogP contribution in [0.2, 0.25) is 0 Å². The van der Waals surface area contributed by atoms with Crippen molar-refractivity contribution in [2.24, 2.45) is 11.8 Å². The molecule has 0 spiro atoms. The van der Waals surface area contributed by atoms with E-state index in [2.05, 4.69) is 23.9 Å². The molecule has 1 unspecified atom stereocenters. The van der Waals surface area contributed by atoms with E-state index >= 15 is 0 Å². The summed E-state index contributed by atoms with van der Waals surface area (Å²) in [7, 11) is 1.31. The second kappa shape index (κ2) is 6.43. The minimum Gasteiger partial charge on any atom is -0.467 e. The first-order chi connectivity index (χ1) is 6.88. The standard InChI is InChI=1S/C11H21NO3/c1-7(2)8(3)6-10(13)12-9(4)11(14)15-5/h7-9H,6H2,1-5H3,(H,12,13)/t8?,9-/m0/s1. The van der Waals surface area contributed by atoms with E-state index in [9.17, 15) is 9.59 Å². The van der Waals surface area contributed by atoms with Crippen LogP contribution in [0, 0.1) is 11.8 Å². The largest absolute Gasteiger partial charge is 0.467 e.